The lowest BCUT2D eigenvalue weighted by Gasteiger charge is -2.39. The summed E-state index contributed by atoms with van der Waals surface area (Å²) >= 11 is 0. The molecule has 2 N–H and O–H groups in total. The number of carbonyl (C=O) groups is 2. The fourth-order valence-corrected chi connectivity index (χ4v) is 5.14. The van der Waals surface area contributed by atoms with E-state index in [1.54, 1.807) is 56.7 Å². The summed E-state index contributed by atoms with van der Waals surface area (Å²) in [4.78, 5) is 50.8. The number of aliphatic carboxylic acids is 1. The highest BCUT2D eigenvalue weighted by Crippen LogP contribution is 2.24. The standard InChI is InChI=1S/C30H36N4O6/c1-30(2,3)40-28(38)31-24(27(36)37)17-20-11-13-22(14-12-20)33-26(35)23-15-16-34(5,18-21-9-7-6-8-10-21)19-25(23)32(4)29(33)39/h6-14,24H,15-19H2,1-5H3,(H-,31,36,37,38)/p+1/t24-,34?/m0/s1. The zero-order valence-corrected chi connectivity index (χ0v) is 23.6. The highest BCUT2D eigenvalue weighted by molar-refractivity contribution is 5.80. The molecule has 0 spiro atoms. The lowest BCUT2D eigenvalue weighted by atomic mass is 10.0. The Kier molecular flexibility index (Phi) is 8.02. The van der Waals surface area contributed by atoms with Crippen LogP contribution < -0.4 is 16.6 Å². The van der Waals surface area contributed by atoms with Gasteiger partial charge in [-0.1, -0.05) is 42.5 Å². The zero-order valence-electron chi connectivity index (χ0n) is 23.6. The number of fused-ring (bicyclic) bond motifs is 1. The van der Waals surface area contributed by atoms with Crippen molar-refractivity contribution in [1.29, 1.82) is 0 Å². The number of ether oxygens (including phenoxy) is 1. The number of hydrogen-bond acceptors (Lipinski definition) is 5. The first-order valence-corrected chi connectivity index (χ1v) is 13.3. The molecule has 0 aliphatic carbocycles. The van der Waals surface area contributed by atoms with Crippen LogP contribution in [0, 0.1) is 0 Å². The summed E-state index contributed by atoms with van der Waals surface area (Å²) in [7, 11) is 3.84. The Balaban J connectivity index is 1.56. The molecule has 10 nitrogen and oxygen atoms in total. The lowest BCUT2D eigenvalue weighted by Crippen LogP contribution is -2.52. The number of carboxylic acids is 1. The normalized spacial score (nSPS) is 17.5. The van der Waals surface area contributed by atoms with E-state index in [1.807, 2.05) is 18.2 Å². The quantitative estimate of drug-likeness (QED) is 0.438. The fourth-order valence-electron chi connectivity index (χ4n) is 5.14. The number of hydrogen-bond donors (Lipinski definition) is 2. The minimum absolute atomic E-state index is 0.00384. The van der Waals surface area contributed by atoms with E-state index in [0.717, 1.165) is 18.8 Å². The Labute approximate surface area is 233 Å². The molecular weight excluding hydrogens is 512 g/mol. The number of aromatic nitrogens is 2. The summed E-state index contributed by atoms with van der Waals surface area (Å²) in [6.45, 7) is 7.23. The molecule has 4 rings (SSSR count). The topological polar surface area (TPSA) is 120 Å². The summed E-state index contributed by atoms with van der Waals surface area (Å²) in [5.41, 5.74) is 2.10. The molecule has 1 aromatic heterocycles. The van der Waals surface area contributed by atoms with Gasteiger partial charge in [0.15, 0.2) is 0 Å². The molecule has 0 saturated heterocycles. The van der Waals surface area contributed by atoms with E-state index >= 15 is 0 Å². The highest BCUT2D eigenvalue weighted by Gasteiger charge is 2.33. The smallest absolute Gasteiger partial charge is 0.408 e. The van der Waals surface area contributed by atoms with Crippen molar-refractivity contribution in [3.8, 4) is 5.69 Å². The summed E-state index contributed by atoms with van der Waals surface area (Å²) in [5, 5.41) is 12.0. The third kappa shape index (κ3) is 6.51. The Morgan fingerprint density at radius 1 is 1.05 bits per heavy atom. The number of alkyl carbamates (subject to hydrolysis) is 1. The molecule has 2 atom stereocenters. The summed E-state index contributed by atoms with van der Waals surface area (Å²) in [6, 6.07) is 15.5. The number of rotatable bonds is 7. The molecular formula is C30H37N4O6+. The Bertz CT molecular complexity index is 1520. The van der Waals surface area contributed by atoms with Crippen molar-refractivity contribution >= 4 is 12.1 Å². The molecule has 3 aromatic rings. The largest absolute Gasteiger partial charge is 0.480 e. The van der Waals surface area contributed by atoms with Crippen LogP contribution in [-0.4, -0.2) is 56.0 Å². The molecule has 0 saturated carbocycles. The van der Waals surface area contributed by atoms with Crippen molar-refractivity contribution in [2.75, 3.05) is 13.6 Å². The van der Waals surface area contributed by atoms with E-state index in [1.165, 1.54) is 10.1 Å². The predicted molar refractivity (Wildman–Crippen MR) is 150 cm³/mol. The molecule has 1 aliphatic rings. The molecule has 212 valence electrons. The molecule has 0 bridgehead atoms. The average Bonchev–Trinajstić information content (AvgIpc) is 2.87. The van der Waals surface area contributed by atoms with Gasteiger partial charge in [-0.2, -0.15) is 0 Å². The van der Waals surface area contributed by atoms with Gasteiger partial charge in [0.2, 0.25) is 0 Å². The maximum absolute atomic E-state index is 13.5. The van der Waals surface area contributed by atoms with Gasteiger partial charge in [-0.05, 0) is 38.5 Å². The zero-order chi connectivity index (χ0) is 29.2. The van der Waals surface area contributed by atoms with Crippen LogP contribution in [0.1, 0.15) is 43.2 Å². The second-order valence-electron chi connectivity index (χ2n) is 11.7. The maximum atomic E-state index is 13.5. The number of likely N-dealkylation sites (N-methyl/N-ethyl adjacent to an activating group) is 1. The van der Waals surface area contributed by atoms with Crippen LogP contribution in [0.4, 0.5) is 4.79 Å². The minimum atomic E-state index is -1.21. The van der Waals surface area contributed by atoms with Crippen molar-refractivity contribution in [2.45, 2.75) is 58.3 Å². The predicted octanol–water partition coefficient (Wildman–Crippen LogP) is 2.76. The van der Waals surface area contributed by atoms with Crippen LogP contribution in [0.5, 0.6) is 0 Å². The summed E-state index contributed by atoms with van der Waals surface area (Å²) in [5.74, 6) is -1.20. The van der Waals surface area contributed by atoms with Gasteiger partial charge in [-0.3, -0.25) is 9.36 Å². The van der Waals surface area contributed by atoms with Gasteiger partial charge in [0.1, 0.15) is 24.7 Å². The number of nitrogens with one attached hydrogen (secondary N) is 1. The first-order valence-electron chi connectivity index (χ1n) is 13.3. The van der Waals surface area contributed by atoms with Gasteiger partial charge in [0.05, 0.1) is 25.0 Å². The lowest BCUT2D eigenvalue weighted by molar-refractivity contribution is -0.937. The minimum Gasteiger partial charge on any atom is -0.480 e. The highest BCUT2D eigenvalue weighted by atomic mass is 16.6. The van der Waals surface area contributed by atoms with Gasteiger partial charge in [-0.15, -0.1) is 0 Å². The number of carbonyl (C=O) groups excluding carboxylic acids is 1. The third-order valence-corrected chi connectivity index (χ3v) is 7.16. The SMILES string of the molecule is Cn1c2c(c(=O)n(-c3ccc(C[C@H](NC(=O)OC(C)(C)C)C(=O)O)cc3)c1=O)CC[N+](C)(Cc1ccccc1)C2. The van der Waals surface area contributed by atoms with Gasteiger partial charge < -0.3 is 19.6 Å². The van der Waals surface area contributed by atoms with Gasteiger partial charge in [0, 0.05) is 31.0 Å². The number of benzene rings is 2. The molecule has 0 radical (unpaired) electrons. The first-order chi connectivity index (χ1) is 18.8. The number of nitrogens with zero attached hydrogens (tertiary/aromatic N) is 3. The number of amides is 1. The first kappa shape index (κ1) is 28.8. The third-order valence-electron chi connectivity index (χ3n) is 7.16. The van der Waals surface area contributed by atoms with E-state index in [0.29, 0.717) is 34.3 Å². The molecule has 2 heterocycles. The van der Waals surface area contributed by atoms with E-state index in [2.05, 4.69) is 24.5 Å². The molecule has 0 fully saturated rings. The van der Waals surface area contributed by atoms with Crippen LogP contribution in [0.3, 0.4) is 0 Å². The number of carboxylic acid groups (broad SMARTS) is 1. The number of quaternary nitrogens is 1. The Morgan fingerprint density at radius 2 is 1.70 bits per heavy atom. The second-order valence-corrected chi connectivity index (χ2v) is 11.7. The van der Waals surface area contributed by atoms with Crippen LogP contribution in [0.15, 0.2) is 64.2 Å². The van der Waals surface area contributed by atoms with E-state index in [-0.39, 0.29) is 12.0 Å². The van der Waals surface area contributed by atoms with Crippen LogP contribution >= 0.6 is 0 Å². The summed E-state index contributed by atoms with van der Waals surface area (Å²) in [6.07, 6.45) is -0.261. The maximum Gasteiger partial charge on any atom is 0.408 e. The molecule has 40 heavy (non-hydrogen) atoms. The van der Waals surface area contributed by atoms with Crippen LogP contribution in [0.2, 0.25) is 0 Å². The van der Waals surface area contributed by atoms with Crippen molar-refractivity contribution in [2.24, 2.45) is 7.05 Å². The van der Waals surface area contributed by atoms with Crippen molar-refractivity contribution in [3.05, 3.63) is 97.8 Å². The Hall–Kier alpha value is -4.18. The molecule has 1 amide bonds. The van der Waals surface area contributed by atoms with Crippen molar-refractivity contribution in [1.82, 2.24) is 14.5 Å². The van der Waals surface area contributed by atoms with E-state index < -0.39 is 29.4 Å². The molecule has 1 unspecified atom stereocenters. The van der Waals surface area contributed by atoms with E-state index in [9.17, 15) is 24.3 Å². The Morgan fingerprint density at radius 3 is 2.30 bits per heavy atom. The van der Waals surface area contributed by atoms with Crippen molar-refractivity contribution < 1.29 is 23.9 Å². The second kappa shape index (κ2) is 11.1. The van der Waals surface area contributed by atoms with Gasteiger partial charge in [-0.25, -0.2) is 19.0 Å². The molecule has 10 heteroatoms. The molecule has 1 aliphatic heterocycles. The van der Waals surface area contributed by atoms with Crippen molar-refractivity contribution in [3.63, 3.8) is 0 Å². The molecule has 2 aromatic carbocycles. The van der Waals surface area contributed by atoms with Gasteiger partial charge >= 0.3 is 17.8 Å². The summed E-state index contributed by atoms with van der Waals surface area (Å²) < 4.78 is 8.60. The van der Waals surface area contributed by atoms with Crippen LogP contribution in [0.25, 0.3) is 5.69 Å². The van der Waals surface area contributed by atoms with Gasteiger partial charge in [0.25, 0.3) is 5.56 Å². The van der Waals surface area contributed by atoms with Crippen LogP contribution in [-0.2, 0) is 42.5 Å². The fraction of sp³-hybridized carbons (Fsp3) is 0.400. The monoisotopic (exact) mass is 549 g/mol. The average molecular weight is 550 g/mol. The van der Waals surface area contributed by atoms with E-state index in [4.69, 9.17) is 4.74 Å².